The Kier molecular flexibility index (Phi) is 13.6. The van der Waals surface area contributed by atoms with Crippen molar-refractivity contribution in [2.75, 3.05) is 14.1 Å². The third-order valence-electron chi connectivity index (χ3n) is 6.67. The molecule has 0 saturated carbocycles. The lowest BCUT2D eigenvalue weighted by molar-refractivity contribution is -0.138. The molecule has 0 aliphatic heterocycles. The van der Waals surface area contributed by atoms with Crippen molar-refractivity contribution < 1.29 is 29.1 Å². The molecule has 5 amide bonds. The number of hydrogen-bond donors (Lipinski definition) is 5. The molecular formula is C31H51N5O6. The van der Waals surface area contributed by atoms with Gasteiger partial charge in [-0.15, -0.1) is 0 Å². The minimum Gasteiger partial charge on any atom is -0.381 e. The molecule has 0 fully saturated rings. The van der Waals surface area contributed by atoms with Crippen molar-refractivity contribution in [3.05, 3.63) is 35.9 Å². The van der Waals surface area contributed by atoms with Gasteiger partial charge in [0.05, 0.1) is 18.5 Å². The molecule has 11 heteroatoms. The molecule has 0 saturated heterocycles. The highest BCUT2D eigenvalue weighted by Gasteiger charge is 2.37. The molecule has 0 aliphatic carbocycles. The zero-order chi connectivity index (χ0) is 32.4. The molecule has 1 aromatic carbocycles. The first-order valence-corrected chi connectivity index (χ1v) is 14.4. The lowest BCUT2D eigenvalue weighted by atomic mass is 9.85. The van der Waals surface area contributed by atoms with Crippen LogP contribution >= 0.6 is 0 Å². The van der Waals surface area contributed by atoms with Crippen LogP contribution in [0, 0.1) is 10.8 Å². The maximum absolute atomic E-state index is 13.4. The molecular weight excluding hydrogens is 538 g/mol. The Hall–Kier alpha value is -3.47. The van der Waals surface area contributed by atoms with Crippen LogP contribution in [0.4, 0.5) is 0 Å². The number of nitrogens with one attached hydrogen (secondary N) is 4. The maximum atomic E-state index is 13.4. The fourth-order valence-corrected chi connectivity index (χ4v) is 4.19. The molecule has 0 bridgehead atoms. The Morgan fingerprint density at radius 1 is 0.833 bits per heavy atom. The molecule has 0 heterocycles. The standard InChI is InChI=1S/C31H51N5O6/c1-11-21(20-15-13-12-14-16-20)33-28(41)25(39)19(2)32-27(40)22(17-24(38)36(9)10)34-29(42)26(31(6,7)8)35-23(37)18-30(3,4)5/h12-16,19,21-22,25-26,39H,11,17-18H2,1-10H3,(H,32,40)(H,33,41)(H,34,42)(H,35,37)/t19?,21-,22+,25?,26-/m1/s1. The van der Waals surface area contributed by atoms with Crippen LogP contribution in [0.3, 0.4) is 0 Å². The highest BCUT2D eigenvalue weighted by atomic mass is 16.3. The van der Waals surface area contributed by atoms with Crippen LogP contribution in [0.15, 0.2) is 30.3 Å². The van der Waals surface area contributed by atoms with E-state index in [1.54, 1.807) is 20.8 Å². The third kappa shape index (κ3) is 12.2. The van der Waals surface area contributed by atoms with Crippen LogP contribution in [-0.2, 0) is 24.0 Å². The Morgan fingerprint density at radius 3 is 1.88 bits per heavy atom. The first kappa shape index (κ1) is 36.6. The Balaban J connectivity index is 3.07. The summed E-state index contributed by atoms with van der Waals surface area (Å²) in [5.74, 6) is -2.78. The summed E-state index contributed by atoms with van der Waals surface area (Å²) in [4.78, 5) is 66.1. The number of amides is 5. The quantitative estimate of drug-likeness (QED) is 0.237. The van der Waals surface area contributed by atoms with Gasteiger partial charge in [-0.2, -0.15) is 0 Å². The highest BCUT2D eigenvalue weighted by Crippen LogP contribution is 2.23. The number of aliphatic hydroxyl groups is 1. The first-order chi connectivity index (χ1) is 19.3. The summed E-state index contributed by atoms with van der Waals surface area (Å²) in [6.45, 7) is 14.4. The van der Waals surface area contributed by atoms with Gasteiger partial charge < -0.3 is 31.3 Å². The van der Waals surface area contributed by atoms with Crippen molar-refractivity contribution in [3.63, 3.8) is 0 Å². The Morgan fingerprint density at radius 2 is 1.40 bits per heavy atom. The van der Waals surface area contributed by atoms with Crippen LogP contribution in [0.25, 0.3) is 0 Å². The van der Waals surface area contributed by atoms with Gasteiger partial charge in [-0.3, -0.25) is 24.0 Å². The minimum atomic E-state index is -1.59. The van der Waals surface area contributed by atoms with Crippen LogP contribution in [0.1, 0.15) is 86.3 Å². The minimum absolute atomic E-state index is 0.191. The van der Waals surface area contributed by atoms with Gasteiger partial charge in [-0.05, 0) is 29.7 Å². The van der Waals surface area contributed by atoms with E-state index in [9.17, 15) is 29.1 Å². The predicted octanol–water partition coefficient (Wildman–Crippen LogP) is 2.05. The number of hydrogen-bond acceptors (Lipinski definition) is 6. The summed E-state index contributed by atoms with van der Waals surface area (Å²) >= 11 is 0. The summed E-state index contributed by atoms with van der Waals surface area (Å²) in [5.41, 5.74) is -0.129. The smallest absolute Gasteiger partial charge is 0.251 e. The summed E-state index contributed by atoms with van der Waals surface area (Å²) in [7, 11) is 3.05. The van der Waals surface area contributed by atoms with E-state index in [0.717, 1.165) is 5.56 Å². The average Bonchev–Trinajstić information content (AvgIpc) is 2.87. The van der Waals surface area contributed by atoms with Gasteiger partial charge in [0, 0.05) is 20.5 Å². The van der Waals surface area contributed by atoms with Crippen molar-refractivity contribution in [1.82, 2.24) is 26.2 Å². The number of rotatable bonds is 13. The van der Waals surface area contributed by atoms with E-state index < -0.39 is 53.3 Å². The van der Waals surface area contributed by atoms with E-state index in [0.29, 0.717) is 6.42 Å². The zero-order valence-electron chi connectivity index (χ0n) is 26.8. The molecule has 236 valence electrons. The number of nitrogens with zero attached hydrogens (tertiary/aromatic N) is 1. The van der Waals surface area contributed by atoms with Gasteiger partial charge in [0.1, 0.15) is 12.1 Å². The molecule has 2 unspecified atom stereocenters. The second kappa shape index (κ2) is 15.7. The Bertz CT molecular complexity index is 1080. The first-order valence-electron chi connectivity index (χ1n) is 14.4. The van der Waals surface area contributed by atoms with Crippen LogP contribution < -0.4 is 21.3 Å². The fourth-order valence-electron chi connectivity index (χ4n) is 4.19. The molecule has 42 heavy (non-hydrogen) atoms. The molecule has 1 aromatic rings. The van der Waals surface area contributed by atoms with Gasteiger partial charge in [-0.25, -0.2) is 0 Å². The highest BCUT2D eigenvalue weighted by molar-refractivity contribution is 5.95. The maximum Gasteiger partial charge on any atom is 0.251 e. The van der Waals surface area contributed by atoms with Crippen LogP contribution in [0.2, 0.25) is 0 Å². The van der Waals surface area contributed by atoms with Gasteiger partial charge in [-0.1, -0.05) is 78.8 Å². The van der Waals surface area contributed by atoms with E-state index in [4.69, 9.17) is 0 Å². The topological polar surface area (TPSA) is 157 Å². The summed E-state index contributed by atoms with van der Waals surface area (Å²) in [5, 5.41) is 21.5. The molecule has 11 nitrogen and oxygen atoms in total. The molecule has 5 N–H and O–H groups in total. The van der Waals surface area contributed by atoms with Crippen LogP contribution in [0.5, 0.6) is 0 Å². The van der Waals surface area contributed by atoms with Gasteiger partial charge in [0.15, 0.2) is 6.10 Å². The summed E-state index contributed by atoms with van der Waals surface area (Å²) in [6, 6.07) is 5.64. The van der Waals surface area contributed by atoms with E-state index in [1.165, 1.54) is 25.9 Å². The number of carbonyl (C=O) groups excluding carboxylic acids is 5. The molecule has 5 atom stereocenters. The van der Waals surface area contributed by atoms with E-state index in [1.807, 2.05) is 58.0 Å². The van der Waals surface area contributed by atoms with E-state index >= 15 is 0 Å². The SMILES string of the molecule is CC[C@@H](NC(=O)C(O)C(C)NC(=O)[C@H](CC(=O)N(C)C)NC(=O)[C@@H](NC(=O)CC(C)(C)C)C(C)(C)C)c1ccccc1. The van der Waals surface area contributed by atoms with Crippen molar-refractivity contribution in [2.24, 2.45) is 10.8 Å². The Labute approximate surface area is 250 Å². The van der Waals surface area contributed by atoms with Crippen molar-refractivity contribution in [1.29, 1.82) is 0 Å². The number of benzene rings is 1. The van der Waals surface area contributed by atoms with Gasteiger partial charge >= 0.3 is 0 Å². The van der Waals surface area contributed by atoms with E-state index in [2.05, 4.69) is 21.3 Å². The summed E-state index contributed by atoms with van der Waals surface area (Å²) < 4.78 is 0. The molecule has 1 rings (SSSR count). The second-order valence-corrected chi connectivity index (χ2v) is 13.3. The summed E-state index contributed by atoms with van der Waals surface area (Å²) in [6.07, 6.45) is -1.17. The van der Waals surface area contributed by atoms with Gasteiger partial charge in [0.25, 0.3) is 5.91 Å². The monoisotopic (exact) mass is 589 g/mol. The van der Waals surface area contributed by atoms with Crippen LogP contribution in [-0.4, -0.2) is 77.9 Å². The number of carbonyl (C=O) groups is 5. The lowest BCUT2D eigenvalue weighted by Gasteiger charge is -2.33. The molecule has 0 spiro atoms. The zero-order valence-corrected chi connectivity index (χ0v) is 26.8. The molecule has 0 aromatic heterocycles. The second-order valence-electron chi connectivity index (χ2n) is 13.3. The average molecular weight is 590 g/mol. The predicted molar refractivity (Wildman–Crippen MR) is 162 cm³/mol. The molecule has 0 aliphatic rings. The fraction of sp³-hybridized carbons (Fsp3) is 0.645. The normalized spacial score (nSPS) is 15.3. The van der Waals surface area contributed by atoms with Gasteiger partial charge in [0.2, 0.25) is 23.6 Å². The van der Waals surface area contributed by atoms with E-state index in [-0.39, 0.29) is 30.2 Å². The largest absolute Gasteiger partial charge is 0.381 e. The van der Waals surface area contributed by atoms with Crippen molar-refractivity contribution in [2.45, 2.75) is 105 Å². The van der Waals surface area contributed by atoms with Crippen molar-refractivity contribution in [3.8, 4) is 0 Å². The lowest BCUT2D eigenvalue weighted by Crippen LogP contribution is -2.60. The third-order valence-corrected chi connectivity index (χ3v) is 6.67. The molecule has 0 radical (unpaired) electrons. The van der Waals surface area contributed by atoms with Crippen molar-refractivity contribution >= 4 is 29.5 Å². The number of aliphatic hydroxyl groups excluding tert-OH is 1.